The fourth-order valence-electron chi connectivity index (χ4n) is 1.94. The maximum atomic E-state index is 12.0. The fourth-order valence-corrected chi connectivity index (χ4v) is 2.57. The first kappa shape index (κ1) is 19.0. The van der Waals surface area contributed by atoms with Crippen LogP contribution in [0.2, 0.25) is 0 Å². The molecule has 5 nitrogen and oxygen atoms in total. The molecule has 1 rings (SSSR count). The first-order chi connectivity index (χ1) is 10.9. The van der Waals surface area contributed by atoms with Gasteiger partial charge in [0.05, 0.1) is 11.5 Å². The fraction of sp³-hybridized carbons (Fsp3) is 0.353. The summed E-state index contributed by atoms with van der Waals surface area (Å²) < 4.78 is 28.2. The van der Waals surface area contributed by atoms with Gasteiger partial charge in [0.2, 0.25) is 5.91 Å². The van der Waals surface area contributed by atoms with Crippen LogP contribution < -0.4 is 4.74 Å². The SMILES string of the molecule is C=CCN(CC=C)C(=O)CCCOc1ccc(S(C)(=O)=O)cc1. The van der Waals surface area contributed by atoms with Crippen LogP contribution >= 0.6 is 0 Å². The Kier molecular flexibility index (Phi) is 7.54. The Balaban J connectivity index is 2.40. The van der Waals surface area contributed by atoms with Crippen molar-refractivity contribution in [2.45, 2.75) is 17.7 Å². The van der Waals surface area contributed by atoms with Gasteiger partial charge in [0, 0.05) is 25.8 Å². The second-order valence-corrected chi connectivity index (χ2v) is 7.09. The van der Waals surface area contributed by atoms with Gasteiger partial charge in [-0.15, -0.1) is 13.2 Å². The van der Waals surface area contributed by atoms with Gasteiger partial charge >= 0.3 is 0 Å². The van der Waals surface area contributed by atoms with Crippen molar-refractivity contribution in [2.24, 2.45) is 0 Å². The highest BCUT2D eigenvalue weighted by Crippen LogP contribution is 2.16. The van der Waals surface area contributed by atoms with E-state index in [0.717, 1.165) is 6.26 Å². The average molecular weight is 337 g/mol. The highest BCUT2D eigenvalue weighted by Gasteiger charge is 2.10. The van der Waals surface area contributed by atoms with Gasteiger partial charge < -0.3 is 9.64 Å². The third-order valence-electron chi connectivity index (χ3n) is 3.11. The number of hydrogen-bond donors (Lipinski definition) is 0. The van der Waals surface area contributed by atoms with Gasteiger partial charge in [-0.25, -0.2) is 8.42 Å². The van der Waals surface area contributed by atoms with Crippen LogP contribution in [0.1, 0.15) is 12.8 Å². The van der Waals surface area contributed by atoms with Crippen LogP contribution in [0.25, 0.3) is 0 Å². The molecule has 0 aliphatic carbocycles. The molecule has 0 bridgehead atoms. The first-order valence-corrected chi connectivity index (χ1v) is 9.20. The summed E-state index contributed by atoms with van der Waals surface area (Å²) >= 11 is 0. The molecule has 0 fully saturated rings. The van der Waals surface area contributed by atoms with Crippen molar-refractivity contribution >= 4 is 15.7 Å². The van der Waals surface area contributed by atoms with Gasteiger partial charge in [-0.05, 0) is 30.7 Å². The molecule has 0 saturated heterocycles. The van der Waals surface area contributed by atoms with Crippen molar-refractivity contribution in [3.05, 3.63) is 49.6 Å². The molecule has 23 heavy (non-hydrogen) atoms. The summed E-state index contributed by atoms with van der Waals surface area (Å²) in [6, 6.07) is 6.23. The van der Waals surface area contributed by atoms with E-state index < -0.39 is 9.84 Å². The number of hydrogen-bond acceptors (Lipinski definition) is 4. The van der Waals surface area contributed by atoms with Crippen molar-refractivity contribution in [1.82, 2.24) is 4.90 Å². The van der Waals surface area contributed by atoms with E-state index in [0.29, 0.717) is 38.3 Å². The Bertz CT molecular complexity index is 625. The van der Waals surface area contributed by atoms with Crippen LogP contribution in [-0.4, -0.2) is 45.2 Å². The minimum atomic E-state index is -3.20. The Morgan fingerprint density at radius 2 is 1.74 bits per heavy atom. The first-order valence-electron chi connectivity index (χ1n) is 7.31. The van der Waals surface area contributed by atoms with Crippen molar-refractivity contribution in [2.75, 3.05) is 26.0 Å². The predicted octanol–water partition coefficient (Wildman–Crippen LogP) is 2.45. The Morgan fingerprint density at radius 1 is 1.17 bits per heavy atom. The van der Waals surface area contributed by atoms with Crippen molar-refractivity contribution in [3.63, 3.8) is 0 Å². The minimum Gasteiger partial charge on any atom is -0.494 e. The average Bonchev–Trinajstić information content (AvgIpc) is 2.50. The van der Waals surface area contributed by atoms with Gasteiger partial charge in [-0.2, -0.15) is 0 Å². The summed E-state index contributed by atoms with van der Waals surface area (Å²) in [5, 5.41) is 0. The number of nitrogens with zero attached hydrogens (tertiary/aromatic N) is 1. The number of amides is 1. The van der Waals surface area contributed by atoms with Gasteiger partial charge in [-0.1, -0.05) is 12.2 Å². The van der Waals surface area contributed by atoms with Crippen LogP contribution in [0, 0.1) is 0 Å². The highest BCUT2D eigenvalue weighted by molar-refractivity contribution is 7.90. The van der Waals surface area contributed by atoms with Gasteiger partial charge in [0.25, 0.3) is 0 Å². The molecule has 126 valence electrons. The van der Waals surface area contributed by atoms with Crippen molar-refractivity contribution in [1.29, 1.82) is 0 Å². The lowest BCUT2D eigenvalue weighted by molar-refractivity contribution is -0.130. The van der Waals surface area contributed by atoms with Crippen LogP contribution in [-0.2, 0) is 14.6 Å². The summed E-state index contributed by atoms with van der Waals surface area (Å²) in [6.07, 6.45) is 5.48. The Labute approximate surface area is 138 Å². The number of carbonyl (C=O) groups is 1. The van der Waals surface area contributed by atoms with Gasteiger partial charge in [0.1, 0.15) is 5.75 Å². The lowest BCUT2D eigenvalue weighted by atomic mass is 10.2. The molecule has 1 amide bonds. The smallest absolute Gasteiger partial charge is 0.223 e. The van der Waals surface area contributed by atoms with E-state index in [9.17, 15) is 13.2 Å². The third kappa shape index (κ3) is 6.69. The molecule has 6 heteroatoms. The molecular weight excluding hydrogens is 314 g/mol. The zero-order chi connectivity index (χ0) is 17.3. The summed E-state index contributed by atoms with van der Waals surface area (Å²) in [5.41, 5.74) is 0. The van der Waals surface area contributed by atoms with Crippen molar-refractivity contribution < 1.29 is 17.9 Å². The van der Waals surface area contributed by atoms with E-state index in [1.54, 1.807) is 29.2 Å². The molecule has 0 spiro atoms. The molecule has 1 aromatic carbocycles. The van der Waals surface area contributed by atoms with E-state index in [1.165, 1.54) is 12.1 Å². The van der Waals surface area contributed by atoms with Crippen LogP contribution in [0.3, 0.4) is 0 Å². The molecular formula is C17H23NO4S. The monoisotopic (exact) mass is 337 g/mol. The number of carbonyl (C=O) groups excluding carboxylic acids is 1. The summed E-state index contributed by atoms with van der Waals surface area (Å²) in [6.45, 7) is 8.65. The zero-order valence-electron chi connectivity index (χ0n) is 13.4. The van der Waals surface area contributed by atoms with E-state index in [2.05, 4.69) is 13.2 Å². The second kappa shape index (κ2) is 9.15. The molecule has 0 aliphatic heterocycles. The second-order valence-electron chi connectivity index (χ2n) is 5.07. The van der Waals surface area contributed by atoms with E-state index in [-0.39, 0.29) is 10.8 Å². The number of rotatable bonds is 10. The summed E-state index contributed by atoms with van der Waals surface area (Å²) in [7, 11) is -3.20. The molecule has 0 saturated carbocycles. The maximum Gasteiger partial charge on any atom is 0.223 e. The summed E-state index contributed by atoms with van der Waals surface area (Å²) in [4.78, 5) is 13.9. The Hall–Kier alpha value is -2.08. The standard InChI is InChI=1S/C17H23NO4S/c1-4-12-18(13-5-2)17(19)7-6-14-22-15-8-10-16(11-9-15)23(3,20)21/h4-5,8-11H,1-2,6-7,12-14H2,3H3. The third-order valence-corrected chi connectivity index (χ3v) is 4.24. The molecule has 0 radical (unpaired) electrons. The lowest BCUT2D eigenvalue weighted by Crippen LogP contribution is -2.31. The van der Waals surface area contributed by atoms with Crippen molar-refractivity contribution in [3.8, 4) is 5.75 Å². The zero-order valence-corrected chi connectivity index (χ0v) is 14.2. The van der Waals surface area contributed by atoms with Crippen LogP contribution in [0.4, 0.5) is 0 Å². The number of benzene rings is 1. The molecule has 1 aromatic rings. The largest absolute Gasteiger partial charge is 0.494 e. The highest BCUT2D eigenvalue weighted by atomic mass is 32.2. The van der Waals surface area contributed by atoms with E-state index >= 15 is 0 Å². The molecule has 0 aromatic heterocycles. The van der Waals surface area contributed by atoms with E-state index in [4.69, 9.17) is 4.74 Å². The molecule has 0 aliphatic rings. The van der Waals surface area contributed by atoms with Gasteiger partial charge in [-0.3, -0.25) is 4.79 Å². The molecule has 0 unspecified atom stereocenters. The topological polar surface area (TPSA) is 63.7 Å². The normalized spacial score (nSPS) is 10.8. The lowest BCUT2D eigenvalue weighted by Gasteiger charge is -2.19. The van der Waals surface area contributed by atoms with E-state index in [1.807, 2.05) is 0 Å². The number of ether oxygens (including phenoxy) is 1. The summed E-state index contributed by atoms with van der Waals surface area (Å²) in [5.74, 6) is 0.611. The Morgan fingerprint density at radius 3 is 2.22 bits per heavy atom. The van der Waals surface area contributed by atoms with Crippen LogP contribution in [0.5, 0.6) is 5.75 Å². The molecule has 0 heterocycles. The number of sulfone groups is 1. The maximum absolute atomic E-state index is 12.0. The predicted molar refractivity (Wildman–Crippen MR) is 91.3 cm³/mol. The van der Waals surface area contributed by atoms with Gasteiger partial charge in [0.15, 0.2) is 9.84 Å². The molecule has 0 N–H and O–H groups in total. The van der Waals surface area contributed by atoms with Crippen LogP contribution in [0.15, 0.2) is 54.5 Å². The minimum absolute atomic E-state index is 0.0285. The molecule has 0 atom stereocenters. The quantitative estimate of drug-likeness (QED) is 0.486.